The van der Waals surface area contributed by atoms with Crippen molar-refractivity contribution in [2.45, 2.75) is 0 Å². The minimum absolute atomic E-state index is 0.413. The SMILES string of the molecule is COC(=O)c1cc(OC)ccc1-n1cccn1. The van der Waals surface area contributed by atoms with Gasteiger partial charge in [0.05, 0.1) is 25.5 Å². The molecule has 0 radical (unpaired) electrons. The van der Waals surface area contributed by atoms with Gasteiger partial charge in [0.25, 0.3) is 0 Å². The number of benzene rings is 1. The van der Waals surface area contributed by atoms with Crippen molar-refractivity contribution in [2.24, 2.45) is 0 Å². The Hall–Kier alpha value is -2.30. The molecule has 17 heavy (non-hydrogen) atoms. The molecule has 0 atom stereocenters. The summed E-state index contributed by atoms with van der Waals surface area (Å²) in [4.78, 5) is 11.7. The summed E-state index contributed by atoms with van der Waals surface area (Å²) in [7, 11) is 2.89. The molecule has 1 aromatic carbocycles. The average Bonchev–Trinajstić information content (AvgIpc) is 2.90. The molecule has 0 unspecified atom stereocenters. The van der Waals surface area contributed by atoms with E-state index in [-0.39, 0.29) is 0 Å². The Labute approximate surface area is 98.6 Å². The highest BCUT2D eigenvalue weighted by Gasteiger charge is 2.14. The summed E-state index contributed by atoms with van der Waals surface area (Å²) in [6.07, 6.45) is 3.40. The maximum Gasteiger partial charge on any atom is 0.340 e. The Kier molecular flexibility index (Phi) is 3.09. The van der Waals surface area contributed by atoms with Crippen LogP contribution in [0.4, 0.5) is 0 Å². The van der Waals surface area contributed by atoms with Crippen molar-refractivity contribution < 1.29 is 14.3 Å². The van der Waals surface area contributed by atoms with Crippen LogP contribution in [0, 0.1) is 0 Å². The van der Waals surface area contributed by atoms with Crippen LogP contribution in [0.2, 0.25) is 0 Å². The number of hydrogen-bond donors (Lipinski definition) is 0. The largest absolute Gasteiger partial charge is 0.497 e. The smallest absolute Gasteiger partial charge is 0.340 e. The van der Waals surface area contributed by atoms with Gasteiger partial charge in [-0.1, -0.05) is 0 Å². The second-order valence-electron chi connectivity index (χ2n) is 3.33. The van der Waals surface area contributed by atoms with E-state index in [2.05, 4.69) is 5.10 Å². The van der Waals surface area contributed by atoms with Gasteiger partial charge < -0.3 is 9.47 Å². The highest BCUT2D eigenvalue weighted by atomic mass is 16.5. The van der Waals surface area contributed by atoms with Crippen molar-refractivity contribution in [3.05, 3.63) is 42.2 Å². The third-order valence-electron chi connectivity index (χ3n) is 2.36. The number of ether oxygens (including phenoxy) is 2. The molecule has 5 nitrogen and oxygen atoms in total. The summed E-state index contributed by atoms with van der Waals surface area (Å²) in [5, 5.41) is 4.09. The van der Waals surface area contributed by atoms with Gasteiger partial charge in [-0.3, -0.25) is 0 Å². The van der Waals surface area contributed by atoms with Crippen molar-refractivity contribution in [3.63, 3.8) is 0 Å². The van der Waals surface area contributed by atoms with E-state index in [4.69, 9.17) is 9.47 Å². The summed E-state index contributed by atoms with van der Waals surface area (Å²) >= 11 is 0. The first-order valence-electron chi connectivity index (χ1n) is 5.02. The predicted octanol–water partition coefficient (Wildman–Crippen LogP) is 1.67. The van der Waals surface area contributed by atoms with E-state index >= 15 is 0 Å². The van der Waals surface area contributed by atoms with Crippen LogP contribution >= 0.6 is 0 Å². The topological polar surface area (TPSA) is 53.4 Å². The standard InChI is InChI=1S/C12H12N2O3/c1-16-9-4-5-11(14-7-3-6-13-14)10(8-9)12(15)17-2/h3-8H,1-2H3. The Morgan fingerprint density at radius 3 is 2.76 bits per heavy atom. The molecule has 0 bridgehead atoms. The first-order chi connectivity index (χ1) is 8.26. The van der Waals surface area contributed by atoms with Gasteiger partial charge in [0.2, 0.25) is 0 Å². The molecule has 0 saturated heterocycles. The Morgan fingerprint density at radius 2 is 2.18 bits per heavy atom. The van der Waals surface area contributed by atoms with Crippen LogP contribution in [-0.4, -0.2) is 30.0 Å². The lowest BCUT2D eigenvalue weighted by Gasteiger charge is -2.09. The summed E-state index contributed by atoms with van der Waals surface area (Å²) < 4.78 is 11.4. The highest BCUT2D eigenvalue weighted by molar-refractivity contribution is 5.93. The fraction of sp³-hybridized carbons (Fsp3) is 0.167. The lowest BCUT2D eigenvalue weighted by Crippen LogP contribution is -2.08. The lowest BCUT2D eigenvalue weighted by atomic mass is 10.1. The molecule has 0 aliphatic rings. The monoisotopic (exact) mass is 232 g/mol. The van der Waals surface area contributed by atoms with Gasteiger partial charge in [0.15, 0.2) is 0 Å². The van der Waals surface area contributed by atoms with Gasteiger partial charge in [-0.15, -0.1) is 0 Å². The van der Waals surface area contributed by atoms with E-state index in [1.54, 1.807) is 48.5 Å². The molecule has 1 aromatic heterocycles. The number of rotatable bonds is 3. The van der Waals surface area contributed by atoms with Crippen molar-refractivity contribution in [1.82, 2.24) is 9.78 Å². The molecule has 0 spiro atoms. The summed E-state index contributed by atoms with van der Waals surface area (Å²) in [5.74, 6) is 0.177. The maximum absolute atomic E-state index is 11.7. The van der Waals surface area contributed by atoms with Gasteiger partial charge in [-0.25, -0.2) is 9.48 Å². The molecule has 0 saturated carbocycles. The third kappa shape index (κ3) is 2.13. The predicted molar refractivity (Wildman–Crippen MR) is 61.5 cm³/mol. The number of nitrogens with zero attached hydrogens (tertiary/aromatic N) is 2. The van der Waals surface area contributed by atoms with Crippen LogP contribution in [0.3, 0.4) is 0 Å². The van der Waals surface area contributed by atoms with Crippen molar-refractivity contribution >= 4 is 5.97 Å². The minimum Gasteiger partial charge on any atom is -0.497 e. The van der Waals surface area contributed by atoms with Crippen LogP contribution in [0.25, 0.3) is 5.69 Å². The van der Waals surface area contributed by atoms with Gasteiger partial charge >= 0.3 is 5.97 Å². The fourth-order valence-corrected chi connectivity index (χ4v) is 1.53. The quantitative estimate of drug-likeness (QED) is 0.755. The number of aromatic nitrogens is 2. The van der Waals surface area contributed by atoms with Crippen LogP contribution in [0.1, 0.15) is 10.4 Å². The average molecular weight is 232 g/mol. The molecule has 1 heterocycles. The molecule has 0 amide bonds. The van der Waals surface area contributed by atoms with Gasteiger partial charge in [-0.2, -0.15) is 5.10 Å². The summed E-state index contributed by atoms with van der Waals surface area (Å²) in [5.41, 5.74) is 1.07. The lowest BCUT2D eigenvalue weighted by molar-refractivity contribution is 0.0600. The van der Waals surface area contributed by atoms with Gasteiger partial charge in [0, 0.05) is 12.4 Å². The van der Waals surface area contributed by atoms with E-state index in [1.165, 1.54) is 7.11 Å². The molecule has 2 rings (SSSR count). The van der Waals surface area contributed by atoms with E-state index < -0.39 is 5.97 Å². The molecular formula is C12H12N2O3. The molecule has 5 heteroatoms. The summed E-state index contributed by atoms with van der Waals surface area (Å²) in [6, 6.07) is 6.94. The number of carbonyl (C=O) groups excluding carboxylic acids is 1. The molecular weight excluding hydrogens is 220 g/mol. The first kappa shape index (κ1) is 11.2. The van der Waals surface area contributed by atoms with Crippen LogP contribution in [0.15, 0.2) is 36.7 Å². The normalized spacial score (nSPS) is 10.0. The molecule has 0 aliphatic carbocycles. The van der Waals surface area contributed by atoms with E-state index in [1.807, 2.05) is 0 Å². The van der Waals surface area contributed by atoms with Gasteiger partial charge in [-0.05, 0) is 24.3 Å². The zero-order valence-electron chi connectivity index (χ0n) is 9.58. The fourth-order valence-electron chi connectivity index (χ4n) is 1.53. The van der Waals surface area contributed by atoms with Crippen LogP contribution < -0.4 is 4.74 Å². The van der Waals surface area contributed by atoms with Crippen molar-refractivity contribution in [3.8, 4) is 11.4 Å². The maximum atomic E-state index is 11.7. The molecule has 2 aromatic rings. The Bertz CT molecular complexity index is 521. The number of methoxy groups -OCH3 is 2. The zero-order valence-corrected chi connectivity index (χ0v) is 9.58. The molecule has 0 fully saturated rings. The Morgan fingerprint density at radius 1 is 1.35 bits per heavy atom. The van der Waals surface area contributed by atoms with Crippen LogP contribution in [-0.2, 0) is 4.74 Å². The number of esters is 1. The number of carbonyl (C=O) groups is 1. The van der Waals surface area contributed by atoms with Crippen LogP contribution in [0.5, 0.6) is 5.75 Å². The minimum atomic E-state index is -0.422. The molecule has 88 valence electrons. The second-order valence-corrected chi connectivity index (χ2v) is 3.33. The first-order valence-corrected chi connectivity index (χ1v) is 5.02. The Balaban J connectivity index is 2.55. The van der Waals surface area contributed by atoms with E-state index in [0.717, 1.165) is 0 Å². The van der Waals surface area contributed by atoms with E-state index in [0.29, 0.717) is 17.0 Å². The highest BCUT2D eigenvalue weighted by Crippen LogP contribution is 2.21. The third-order valence-corrected chi connectivity index (χ3v) is 2.36. The molecule has 0 aliphatic heterocycles. The van der Waals surface area contributed by atoms with E-state index in [9.17, 15) is 4.79 Å². The second kappa shape index (κ2) is 4.69. The molecule has 0 N–H and O–H groups in total. The number of hydrogen-bond acceptors (Lipinski definition) is 4. The van der Waals surface area contributed by atoms with Gasteiger partial charge in [0.1, 0.15) is 5.75 Å². The van der Waals surface area contributed by atoms with Crippen molar-refractivity contribution in [2.75, 3.05) is 14.2 Å². The summed E-state index contributed by atoms with van der Waals surface area (Å²) in [6.45, 7) is 0. The van der Waals surface area contributed by atoms with Crippen molar-refractivity contribution in [1.29, 1.82) is 0 Å². The zero-order chi connectivity index (χ0) is 12.3.